The topological polar surface area (TPSA) is 107 Å². The van der Waals surface area contributed by atoms with Gasteiger partial charge in [0.15, 0.2) is 5.43 Å². The van der Waals surface area contributed by atoms with Crippen LogP contribution in [0.15, 0.2) is 53.3 Å². The second kappa shape index (κ2) is 5.87. The number of H-pyrrole nitrogens is 1. The Kier molecular flexibility index (Phi) is 3.99. The Bertz CT molecular complexity index is 813. The van der Waals surface area contributed by atoms with Crippen LogP contribution in [0.1, 0.15) is 0 Å². The third-order valence-corrected chi connectivity index (χ3v) is 2.80. The predicted molar refractivity (Wildman–Crippen MR) is 77.3 cm³/mol. The molecule has 6 nitrogen and oxygen atoms in total. The number of benzene rings is 2. The van der Waals surface area contributed by atoms with Crippen molar-refractivity contribution in [3.05, 3.63) is 58.8 Å². The van der Waals surface area contributed by atoms with E-state index < -0.39 is 11.9 Å². The van der Waals surface area contributed by atoms with Crippen LogP contribution in [0, 0.1) is 0 Å². The van der Waals surface area contributed by atoms with E-state index in [2.05, 4.69) is 4.98 Å². The normalized spacial score (nSPS) is 9.90. The highest BCUT2D eigenvalue weighted by Gasteiger charge is 2.04. The highest BCUT2D eigenvalue weighted by Crippen LogP contribution is 2.13. The maximum Gasteiger partial charge on any atom is 0.414 e. The largest absolute Gasteiger partial charge is 0.473 e. The lowest BCUT2D eigenvalue weighted by Gasteiger charge is -2.01. The van der Waals surface area contributed by atoms with Gasteiger partial charge in [-0.1, -0.05) is 24.3 Å². The number of carboxylic acids is 2. The fourth-order valence-corrected chi connectivity index (χ4v) is 1.87. The van der Waals surface area contributed by atoms with Crippen LogP contribution < -0.4 is 5.43 Å². The average Bonchev–Trinajstić information content (AvgIpc) is 2.48. The molecule has 0 amide bonds. The number of rotatable bonds is 0. The van der Waals surface area contributed by atoms with E-state index in [4.69, 9.17) is 19.8 Å². The zero-order valence-corrected chi connectivity index (χ0v) is 10.7. The molecule has 1 aromatic heterocycles. The summed E-state index contributed by atoms with van der Waals surface area (Å²) in [6, 6.07) is 15.1. The number of aromatic amines is 1. The number of carboxylic acid groups (broad SMARTS) is 2. The molecule has 0 aliphatic heterocycles. The second-order valence-electron chi connectivity index (χ2n) is 4.16. The minimum Gasteiger partial charge on any atom is -0.473 e. The van der Waals surface area contributed by atoms with Gasteiger partial charge in [0.1, 0.15) is 0 Å². The van der Waals surface area contributed by atoms with Crippen molar-refractivity contribution >= 4 is 33.7 Å². The van der Waals surface area contributed by atoms with E-state index in [1.54, 1.807) is 0 Å². The lowest BCUT2D eigenvalue weighted by Crippen LogP contribution is -2.09. The van der Waals surface area contributed by atoms with E-state index in [9.17, 15) is 4.79 Å². The summed E-state index contributed by atoms with van der Waals surface area (Å²) in [5.41, 5.74) is 1.88. The smallest absolute Gasteiger partial charge is 0.414 e. The average molecular weight is 285 g/mol. The van der Waals surface area contributed by atoms with Crippen LogP contribution in [-0.4, -0.2) is 27.1 Å². The van der Waals surface area contributed by atoms with E-state index in [-0.39, 0.29) is 5.43 Å². The number of para-hydroxylation sites is 2. The molecule has 0 bridgehead atoms. The lowest BCUT2D eigenvalue weighted by atomic mass is 10.1. The number of nitrogens with one attached hydrogen (secondary N) is 1. The Labute approximate surface area is 118 Å². The number of hydrogen-bond acceptors (Lipinski definition) is 3. The van der Waals surface area contributed by atoms with Crippen molar-refractivity contribution < 1.29 is 19.8 Å². The Morgan fingerprint density at radius 1 is 0.762 bits per heavy atom. The summed E-state index contributed by atoms with van der Waals surface area (Å²) in [4.78, 5) is 33.5. The van der Waals surface area contributed by atoms with Crippen molar-refractivity contribution in [3.63, 3.8) is 0 Å². The zero-order chi connectivity index (χ0) is 15.4. The molecule has 0 aliphatic rings. The minimum absolute atomic E-state index is 0.0972. The zero-order valence-electron chi connectivity index (χ0n) is 10.7. The van der Waals surface area contributed by atoms with Crippen molar-refractivity contribution in [2.75, 3.05) is 0 Å². The molecule has 6 heteroatoms. The van der Waals surface area contributed by atoms with Gasteiger partial charge in [-0.05, 0) is 24.3 Å². The Balaban J connectivity index is 0.000000232. The second-order valence-corrected chi connectivity index (χ2v) is 4.16. The van der Waals surface area contributed by atoms with E-state index in [0.717, 1.165) is 21.8 Å². The maximum absolute atomic E-state index is 12.1. The minimum atomic E-state index is -1.82. The molecular formula is C15H11NO5. The van der Waals surface area contributed by atoms with E-state index >= 15 is 0 Å². The summed E-state index contributed by atoms with van der Waals surface area (Å²) >= 11 is 0. The first-order chi connectivity index (χ1) is 10.0. The van der Waals surface area contributed by atoms with Gasteiger partial charge in [0.05, 0.1) is 0 Å². The van der Waals surface area contributed by atoms with E-state index in [1.165, 1.54) is 0 Å². The molecule has 21 heavy (non-hydrogen) atoms. The van der Waals surface area contributed by atoms with Crippen LogP contribution in [0.25, 0.3) is 21.8 Å². The van der Waals surface area contributed by atoms with Gasteiger partial charge < -0.3 is 15.2 Å². The Hall–Kier alpha value is -3.15. The molecule has 0 saturated heterocycles. The fourth-order valence-electron chi connectivity index (χ4n) is 1.87. The Morgan fingerprint density at radius 3 is 1.52 bits per heavy atom. The third kappa shape index (κ3) is 3.06. The molecule has 0 saturated carbocycles. The first-order valence-corrected chi connectivity index (χ1v) is 5.96. The van der Waals surface area contributed by atoms with Crippen molar-refractivity contribution in [3.8, 4) is 0 Å². The Morgan fingerprint density at radius 2 is 1.14 bits per heavy atom. The summed E-state index contributed by atoms with van der Waals surface area (Å²) in [7, 11) is 0. The van der Waals surface area contributed by atoms with Crippen LogP contribution in [0.5, 0.6) is 0 Å². The molecule has 0 spiro atoms. The number of aromatic nitrogens is 1. The van der Waals surface area contributed by atoms with Crippen molar-refractivity contribution in [2.24, 2.45) is 0 Å². The standard InChI is InChI=1S/C13H9NO.C2H2O4/c15-13-9-5-1-3-7-11(9)14-12-8-4-2-6-10(12)13;3-1(4)2(5)6/h1-8H,(H,14,15);(H,3,4)(H,5,6). The summed E-state index contributed by atoms with van der Waals surface area (Å²) < 4.78 is 0. The number of fused-ring (bicyclic) bond motifs is 2. The number of pyridine rings is 1. The molecular weight excluding hydrogens is 274 g/mol. The molecule has 1 heterocycles. The van der Waals surface area contributed by atoms with Gasteiger partial charge >= 0.3 is 11.9 Å². The van der Waals surface area contributed by atoms with Crippen molar-refractivity contribution in [2.45, 2.75) is 0 Å². The molecule has 3 rings (SSSR count). The summed E-state index contributed by atoms with van der Waals surface area (Å²) in [6.45, 7) is 0. The molecule has 3 N–H and O–H groups in total. The van der Waals surface area contributed by atoms with Gasteiger partial charge in [0.25, 0.3) is 0 Å². The first kappa shape index (κ1) is 14.3. The molecule has 0 unspecified atom stereocenters. The molecule has 0 fully saturated rings. The van der Waals surface area contributed by atoms with Crippen LogP contribution in [0.3, 0.4) is 0 Å². The maximum atomic E-state index is 12.1. The quantitative estimate of drug-likeness (QED) is 0.431. The predicted octanol–water partition coefficient (Wildman–Crippen LogP) is 1.84. The van der Waals surface area contributed by atoms with Gasteiger partial charge in [0.2, 0.25) is 0 Å². The molecule has 3 aromatic rings. The van der Waals surface area contributed by atoms with Crippen LogP contribution in [0.4, 0.5) is 0 Å². The summed E-state index contributed by atoms with van der Waals surface area (Å²) in [6.07, 6.45) is 0. The molecule has 0 aliphatic carbocycles. The molecule has 106 valence electrons. The molecule has 2 aromatic carbocycles. The summed E-state index contributed by atoms with van der Waals surface area (Å²) in [5, 5.41) is 16.3. The molecule has 0 atom stereocenters. The van der Waals surface area contributed by atoms with E-state index in [1.807, 2.05) is 48.5 Å². The number of hydrogen-bond donors (Lipinski definition) is 3. The highest BCUT2D eigenvalue weighted by molar-refractivity contribution is 6.27. The highest BCUT2D eigenvalue weighted by atomic mass is 16.4. The van der Waals surface area contributed by atoms with Crippen LogP contribution >= 0.6 is 0 Å². The SMILES string of the molecule is O=C(O)C(=O)O.O=c1c2ccccc2[nH]c2ccccc12. The van der Waals surface area contributed by atoms with Gasteiger partial charge in [0, 0.05) is 21.8 Å². The van der Waals surface area contributed by atoms with E-state index in [0.29, 0.717) is 0 Å². The van der Waals surface area contributed by atoms with Crippen molar-refractivity contribution in [1.29, 1.82) is 0 Å². The van der Waals surface area contributed by atoms with Crippen LogP contribution in [0.2, 0.25) is 0 Å². The van der Waals surface area contributed by atoms with Gasteiger partial charge in [-0.3, -0.25) is 4.79 Å². The number of aliphatic carboxylic acids is 2. The van der Waals surface area contributed by atoms with Gasteiger partial charge in [-0.2, -0.15) is 0 Å². The van der Waals surface area contributed by atoms with Gasteiger partial charge in [-0.25, -0.2) is 9.59 Å². The number of carbonyl (C=O) groups is 2. The van der Waals surface area contributed by atoms with Gasteiger partial charge in [-0.15, -0.1) is 0 Å². The third-order valence-electron chi connectivity index (χ3n) is 2.80. The van der Waals surface area contributed by atoms with Crippen LogP contribution in [-0.2, 0) is 9.59 Å². The summed E-state index contributed by atoms with van der Waals surface area (Å²) in [5.74, 6) is -3.65. The monoisotopic (exact) mass is 285 g/mol. The molecule has 0 radical (unpaired) electrons. The first-order valence-electron chi connectivity index (χ1n) is 5.96. The van der Waals surface area contributed by atoms with Crippen molar-refractivity contribution in [1.82, 2.24) is 4.98 Å². The fraction of sp³-hybridized carbons (Fsp3) is 0. The lowest BCUT2D eigenvalue weighted by molar-refractivity contribution is -0.159.